The molecule has 0 spiro atoms. The van der Waals surface area contributed by atoms with Crippen molar-refractivity contribution in [1.29, 1.82) is 0 Å². The van der Waals surface area contributed by atoms with Crippen molar-refractivity contribution in [3.05, 3.63) is 30.3 Å². The van der Waals surface area contributed by atoms with Crippen molar-refractivity contribution >= 4 is 23.0 Å². The number of anilines is 1. The highest BCUT2D eigenvalue weighted by atomic mass is 32.1. The number of rotatable bonds is 3. The average molecular weight is 278 g/mol. The molecule has 1 aromatic carbocycles. The molecule has 3 atom stereocenters. The number of thiocarbonyl (C=S) groups is 1. The van der Waals surface area contributed by atoms with Crippen LogP contribution >= 0.6 is 12.2 Å². The zero-order valence-corrected chi connectivity index (χ0v) is 12.1. The van der Waals surface area contributed by atoms with E-state index >= 15 is 0 Å². The second-order valence-corrected chi connectivity index (χ2v) is 5.67. The van der Waals surface area contributed by atoms with Gasteiger partial charge >= 0.3 is 0 Å². The molecule has 0 aromatic heterocycles. The van der Waals surface area contributed by atoms with Crippen LogP contribution in [0.3, 0.4) is 0 Å². The number of benzene rings is 1. The van der Waals surface area contributed by atoms with Gasteiger partial charge in [0.05, 0.1) is 6.10 Å². The van der Waals surface area contributed by atoms with Crippen molar-refractivity contribution in [3.8, 4) is 0 Å². The van der Waals surface area contributed by atoms with Crippen LogP contribution in [0, 0.1) is 5.92 Å². The SMILES string of the molecule is CC(O)C1CCCCC1NC(=S)Nc1ccccc1. The molecule has 3 N–H and O–H groups in total. The second-order valence-electron chi connectivity index (χ2n) is 5.26. The van der Waals surface area contributed by atoms with Gasteiger partial charge in [0.15, 0.2) is 5.11 Å². The Morgan fingerprint density at radius 2 is 1.95 bits per heavy atom. The van der Waals surface area contributed by atoms with Crippen LogP contribution in [0.1, 0.15) is 32.6 Å². The first-order chi connectivity index (χ1) is 9.16. The number of nitrogens with one attached hydrogen (secondary N) is 2. The molecule has 1 aliphatic carbocycles. The fourth-order valence-corrected chi connectivity index (χ4v) is 3.04. The zero-order valence-electron chi connectivity index (χ0n) is 11.3. The van der Waals surface area contributed by atoms with Gasteiger partial charge < -0.3 is 15.7 Å². The molecule has 0 radical (unpaired) electrons. The van der Waals surface area contributed by atoms with E-state index < -0.39 is 0 Å². The number of hydrogen-bond donors (Lipinski definition) is 3. The van der Waals surface area contributed by atoms with Gasteiger partial charge in [-0.3, -0.25) is 0 Å². The predicted octanol–water partition coefficient (Wildman–Crippen LogP) is 2.91. The molecule has 0 heterocycles. The fourth-order valence-electron chi connectivity index (χ4n) is 2.77. The monoisotopic (exact) mass is 278 g/mol. The Morgan fingerprint density at radius 1 is 1.26 bits per heavy atom. The predicted molar refractivity (Wildman–Crippen MR) is 83.2 cm³/mol. The van der Waals surface area contributed by atoms with Crippen molar-refractivity contribution in [2.45, 2.75) is 44.8 Å². The van der Waals surface area contributed by atoms with Crippen molar-refractivity contribution in [2.75, 3.05) is 5.32 Å². The highest BCUT2D eigenvalue weighted by Crippen LogP contribution is 2.27. The van der Waals surface area contributed by atoms with Crippen molar-refractivity contribution in [1.82, 2.24) is 5.32 Å². The Labute approximate surface area is 120 Å². The second kappa shape index (κ2) is 6.87. The minimum Gasteiger partial charge on any atom is -0.393 e. The molecule has 1 aromatic rings. The molecule has 2 rings (SSSR count). The first-order valence-electron chi connectivity index (χ1n) is 6.97. The molecule has 4 heteroatoms. The third-order valence-corrected chi connectivity index (χ3v) is 4.01. The Balaban J connectivity index is 1.90. The zero-order chi connectivity index (χ0) is 13.7. The molecular formula is C15H22N2OS. The molecule has 1 fully saturated rings. The van der Waals surface area contributed by atoms with E-state index in [1.807, 2.05) is 37.3 Å². The number of aliphatic hydroxyl groups excluding tert-OH is 1. The summed E-state index contributed by atoms with van der Waals surface area (Å²) in [7, 11) is 0. The summed E-state index contributed by atoms with van der Waals surface area (Å²) in [4.78, 5) is 0. The quantitative estimate of drug-likeness (QED) is 0.744. The Bertz CT molecular complexity index is 408. The third-order valence-electron chi connectivity index (χ3n) is 3.79. The van der Waals surface area contributed by atoms with Gasteiger partial charge in [-0.05, 0) is 44.1 Å². The smallest absolute Gasteiger partial charge is 0.171 e. The summed E-state index contributed by atoms with van der Waals surface area (Å²) >= 11 is 5.35. The van der Waals surface area contributed by atoms with E-state index in [1.165, 1.54) is 12.8 Å². The average Bonchev–Trinajstić information content (AvgIpc) is 2.40. The molecule has 0 aliphatic heterocycles. The van der Waals surface area contributed by atoms with Gasteiger partial charge in [0.1, 0.15) is 0 Å². The molecular weight excluding hydrogens is 256 g/mol. The summed E-state index contributed by atoms with van der Waals surface area (Å²) in [6, 6.07) is 10.2. The Kier molecular flexibility index (Phi) is 5.16. The van der Waals surface area contributed by atoms with Gasteiger partial charge in [0, 0.05) is 17.6 Å². The summed E-state index contributed by atoms with van der Waals surface area (Å²) in [5.41, 5.74) is 0.990. The van der Waals surface area contributed by atoms with E-state index in [9.17, 15) is 5.11 Å². The first kappa shape index (κ1) is 14.3. The molecule has 1 saturated carbocycles. The number of hydrogen-bond acceptors (Lipinski definition) is 2. The van der Waals surface area contributed by atoms with E-state index in [-0.39, 0.29) is 12.1 Å². The fraction of sp³-hybridized carbons (Fsp3) is 0.533. The lowest BCUT2D eigenvalue weighted by Crippen LogP contribution is -2.47. The van der Waals surface area contributed by atoms with Crippen molar-refractivity contribution < 1.29 is 5.11 Å². The lowest BCUT2D eigenvalue weighted by molar-refractivity contribution is 0.0825. The number of aliphatic hydroxyl groups is 1. The van der Waals surface area contributed by atoms with Crippen LogP contribution in [0.2, 0.25) is 0 Å². The minimum absolute atomic E-state index is 0.275. The van der Waals surface area contributed by atoms with E-state index in [0.29, 0.717) is 11.0 Å². The van der Waals surface area contributed by atoms with E-state index in [0.717, 1.165) is 18.5 Å². The molecule has 1 aliphatic rings. The van der Waals surface area contributed by atoms with E-state index in [4.69, 9.17) is 12.2 Å². The highest BCUT2D eigenvalue weighted by Gasteiger charge is 2.28. The summed E-state index contributed by atoms with van der Waals surface area (Å²) in [6.07, 6.45) is 4.27. The lowest BCUT2D eigenvalue weighted by atomic mass is 9.81. The Morgan fingerprint density at radius 3 is 2.63 bits per heavy atom. The van der Waals surface area contributed by atoms with E-state index in [1.54, 1.807) is 0 Å². The molecule has 104 valence electrons. The van der Waals surface area contributed by atoms with Gasteiger partial charge in [-0.1, -0.05) is 31.0 Å². The molecule has 3 unspecified atom stereocenters. The molecule has 0 bridgehead atoms. The van der Waals surface area contributed by atoms with Crippen LogP contribution in [0.15, 0.2) is 30.3 Å². The van der Waals surface area contributed by atoms with Crippen LogP contribution in [0.4, 0.5) is 5.69 Å². The van der Waals surface area contributed by atoms with Gasteiger partial charge in [-0.15, -0.1) is 0 Å². The lowest BCUT2D eigenvalue weighted by Gasteiger charge is -2.34. The minimum atomic E-state index is -0.280. The molecule has 3 nitrogen and oxygen atoms in total. The molecule has 19 heavy (non-hydrogen) atoms. The summed E-state index contributed by atoms with van der Waals surface area (Å²) in [5, 5.41) is 17.0. The van der Waals surface area contributed by atoms with Gasteiger partial charge in [0.2, 0.25) is 0 Å². The summed E-state index contributed by atoms with van der Waals surface area (Å²) in [5.74, 6) is 0.296. The van der Waals surface area contributed by atoms with Crippen LogP contribution in [-0.2, 0) is 0 Å². The van der Waals surface area contributed by atoms with Gasteiger partial charge in [0.25, 0.3) is 0 Å². The topological polar surface area (TPSA) is 44.3 Å². The van der Waals surface area contributed by atoms with Crippen LogP contribution < -0.4 is 10.6 Å². The normalized spacial score (nSPS) is 24.5. The van der Waals surface area contributed by atoms with Gasteiger partial charge in [-0.25, -0.2) is 0 Å². The van der Waals surface area contributed by atoms with Crippen molar-refractivity contribution in [3.63, 3.8) is 0 Å². The maximum absolute atomic E-state index is 9.85. The van der Waals surface area contributed by atoms with Crippen LogP contribution in [-0.4, -0.2) is 22.4 Å². The maximum atomic E-state index is 9.85. The molecule has 0 saturated heterocycles. The highest BCUT2D eigenvalue weighted by molar-refractivity contribution is 7.80. The van der Waals surface area contributed by atoms with Crippen LogP contribution in [0.5, 0.6) is 0 Å². The largest absolute Gasteiger partial charge is 0.393 e. The first-order valence-corrected chi connectivity index (χ1v) is 7.38. The van der Waals surface area contributed by atoms with Gasteiger partial charge in [-0.2, -0.15) is 0 Å². The number of para-hydroxylation sites is 1. The van der Waals surface area contributed by atoms with E-state index in [2.05, 4.69) is 10.6 Å². The maximum Gasteiger partial charge on any atom is 0.171 e. The standard InChI is InChI=1S/C15H22N2OS/c1-11(18)13-9-5-6-10-14(13)17-15(19)16-12-7-3-2-4-8-12/h2-4,7-8,11,13-14,18H,5-6,9-10H2,1H3,(H2,16,17,19). The molecule has 0 amide bonds. The van der Waals surface area contributed by atoms with Crippen LogP contribution in [0.25, 0.3) is 0 Å². The van der Waals surface area contributed by atoms with Crippen molar-refractivity contribution in [2.24, 2.45) is 5.92 Å². The summed E-state index contributed by atoms with van der Waals surface area (Å²) in [6.45, 7) is 1.87. The summed E-state index contributed by atoms with van der Waals surface area (Å²) < 4.78 is 0. The Hall–Kier alpha value is -1.13. The third kappa shape index (κ3) is 4.18.